The summed E-state index contributed by atoms with van der Waals surface area (Å²) in [4.78, 5) is 11.5. The third kappa shape index (κ3) is 2.51. The Bertz CT molecular complexity index is 348. The van der Waals surface area contributed by atoms with E-state index in [0.29, 0.717) is 6.42 Å². The normalized spacial score (nSPS) is 44.1. The number of hydrogen-bond acceptors (Lipinski definition) is 4. The van der Waals surface area contributed by atoms with Crippen LogP contribution in [0.2, 0.25) is 0 Å². The van der Waals surface area contributed by atoms with Crippen molar-refractivity contribution in [3.05, 3.63) is 0 Å². The molecule has 0 aromatic rings. The van der Waals surface area contributed by atoms with Gasteiger partial charge in [-0.2, -0.15) is 0 Å². The maximum atomic E-state index is 11.5. The van der Waals surface area contributed by atoms with E-state index < -0.39 is 41.5 Å². The molecular weight excluding hydrogens is 248 g/mol. The molecule has 0 aromatic carbocycles. The van der Waals surface area contributed by atoms with Gasteiger partial charge in [0.2, 0.25) is 0 Å². The van der Waals surface area contributed by atoms with Gasteiger partial charge in [0.05, 0.1) is 18.1 Å². The number of aliphatic carboxylic acids is 1. The first-order valence-electron chi connectivity index (χ1n) is 6.75. The highest BCUT2D eigenvalue weighted by Crippen LogP contribution is 2.54. The van der Waals surface area contributed by atoms with E-state index in [0.717, 1.165) is 0 Å². The molecule has 4 N–H and O–H groups in total. The Balaban J connectivity index is 3.39. The van der Waals surface area contributed by atoms with Crippen LogP contribution in [0, 0.1) is 22.7 Å². The molecule has 1 rings (SSSR count). The SMILES string of the molecule is CC[C@@]1(C)C(C(=O)O)C(O)C(O)C(O)C1C(C)(C)C. The van der Waals surface area contributed by atoms with Crippen LogP contribution in [0.5, 0.6) is 0 Å². The fraction of sp³-hybridized carbons (Fsp3) is 0.929. The second kappa shape index (κ2) is 5.04. The summed E-state index contributed by atoms with van der Waals surface area (Å²) in [5.41, 5.74) is -1.15. The zero-order valence-electron chi connectivity index (χ0n) is 12.3. The van der Waals surface area contributed by atoms with Gasteiger partial charge >= 0.3 is 5.97 Å². The maximum Gasteiger partial charge on any atom is 0.309 e. The van der Waals surface area contributed by atoms with Gasteiger partial charge in [0.1, 0.15) is 6.10 Å². The van der Waals surface area contributed by atoms with Crippen molar-refractivity contribution in [2.24, 2.45) is 22.7 Å². The fourth-order valence-electron chi connectivity index (χ4n) is 3.94. The van der Waals surface area contributed by atoms with Crippen molar-refractivity contribution in [1.29, 1.82) is 0 Å². The average Bonchev–Trinajstić information content (AvgIpc) is 2.23. The predicted molar refractivity (Wildman–Crippen MR) is 70.5 cm³/mol. The van der Waals surface area contributed by atoms with Crippen molar-refractivity contribution < 1.29 is 25.2 Å². The highest BCUT2D eigenvalue weighted by atomic mass is 16.4. The minimum atomic E-state index is -1.45. The van der Waals surface area contributed by atoms with Crippen LogP contribution in [0.3, 0.4) is 0 Å². The first-order valence-corrected chi connectivity index (χ1v) is 6.75. The number of carboxylic acids is 1. The van der Waals surface area contributed by atoms with Gasteiger partial charge in [-0.25, -0.2) is 0 Å². The van der Waals surface area contributed by atoms with Crippen LogP contribution in [0.1, 0.15) is 41.0 Å². The summed E-state index contributed by atoms with van der Waals surface area (Å²) >= 11 is 0. The molecule has 1 saturated carbocycles. The summed E-state index contributed by atoms with van der Waals surface area (Å²) in [7, 11) is 0. The standard InChI is InChI=1S/C14H26O5/c1-6-14(5)7(12(18)19)8(15)9(16)10(17)11(14)13(2,3)4/h7-11,15-17H,6H2,1-5H3,(H,18,19)/t7?,8?,9?,10?,11?,14-/m0/s1. The molecule has 0 heterocycles. The highest BCUT2D eigenvalue weighted by Gasteiger charge is 2.60. The fourth-order valence-corrected chi connectivity index (χ4v) is 3.94. The molecule has 5 unspecified atom stereocenters. The Morgan fingerprint density at radius 3 is 1.89 bits per heavy atom. The van der Waals surface area contributed by atoms with Crippen LogP contribution < -0.4 is 0 Å². The second-order valence-corrected chi connectivity index (χ2v) is 6.99. The predicted octanol–water partition coefficient (Wildman–Crippen LogP) is 0.862. The van der Waals surface area contributed by atoms with Crippen molar-refractivity contribution in [3.63, 3.8) is 0 Å². The summed E-state index contributed by atoms with van der Waals surface area (Å²) in [6.45, 7) is 9.38. The lowest BCUT2D eigenvalue weighted by Gasteiger charge is -2.56. The number of aliphatic hydroxyl groups excluding tert-OH is 3. The molecular formula is C14H26O5. The van der Waals surface area contributed by atoms with E-state index in [2.05, 4.69) is 0 Å². The average molecular weight is 274 g/mol. The largest absolute Gasteiger partial charge is 0.481 e. The minimum Gasteiger partial charge on any atom is -0.481 e. The molecule has 0 radical (unpaired) electrons. The minimum absolute atomic E-state index is 0.376. The van der Waals surface area contributed by atoms with Crippen LogP contribution in [-0.4, -0.2) is 44.7 Å². The smallest absolute Gasteiger partial charge is 0.309 e. The number of hydrogen-bond donors (Lipinski definition) is 4. The van der Waals surface area contributed by atoms with Gasteiger partial charge < -0.3 is 20.4 Å². The van der Waals surface area contributed by atoms with E-state index in [4.69, 9.17) is 0 Å². The molecule has 5 heteroatoms. The third-order valence-corrected chi connectivity index (χ3v) is 4.76. The lowest BCUT2D eigenvalue weighted by atomic mass is 9.51. The van der Waals surface area contributed by atoms with Gasteiger partial charge in [0.15, 0.2) is 0 Å². The number of carboxylic acid groups (broad SMARTS) is 1. The van der Waals surface area contributed by atoms with Crippen molar-refractivity contribution >= 4 is 5.97 Å². The molecule has 1 fully saturated rings. The molecule has 0 saturated heterocycles. The second-order valence-electron chi connectivity index (χ2n) is 6.99. The zero-order chi connectivity index (χ0) is 15.2. The molecule has 1 aliphatic rings. The number of rotatable bonds is 2. The van der Waals surface area contributed by atoms with Crippen LogP contribution >= 0.6 is 0 Å². The maximum absolute atomic E-state index is 11.5. The Morgan fingerprint density at radius 1 is 1.11 bits per heavy atom. The third-order valence-electron chi connectivity index (χ3n) is 4.76. The Kier molecular flexibility index (Phi) is 4.35. The van der Waals surface area contributed by atoms with Crippen molar-refractivity contribution in [1.82, 2.24) is 0 Å². The van der Waals surface area contributed by atoms with E-state index in [1.54, 1.807) is 6.92 Å². The Morgan fingerprint density at radius 2 is 1.58 bits per heavy atom. The van der Waals surface area contributed by atoms with E-state index in [1.165, 1.54) is 0 Å². The Hall–Kier alpha value is -0.650. The summed E-state index contributed by atoms with van der Waals surface area (Å²) in [6, 6.07) is 0. The van der Waals surface area contributed by atoms with Crippen LogP contribution in [0.4, 0.5) is 0 Å². The van der Waals surface area contributed by atoms with Gasteiger partial charge in [0, 0.05) is 0 Å². The number of aliphatic hydroxyl groups is 3. The molecule has 1 aliphatic carbocycles. The van der Waals surface area contributed by atoms with E-state index >= 15 is 0 Å². The monoisotopic (exact) mass is 274 g/mol. The van der Waals surface area contributed by atoms with Crippen molar-refractivity contribution in [3.8, 4) is 0 Å². The molecule has 6 atom stereocenters. The van der Waals surface area contributed by atoms with Crippen LogP contribution in [-0.2, 0) is 4.79 Å². The van der Waals surface area contributed by atoms with E-state index in [1.807, 2.05) is 27.7 Å². The lowest BCUT2D eigenvalue weighted by Crippen LogP contribution is -2.64. The van der Waals surface area contributed by atoms with Gasteiger partial charge in [0.25, 0.3) is 0 Å². The van der Waals surface area contributed by atoms with Gasteiger partial charge in [-0.3, -0.25) is 4.79 Å². The van der Waals surface area contributed by atoms with Crippen LogP contribution in [0.15, 0.2) is 0 Å². The van der Waals surface area contributed by atoms with E-state index in [-0.39, 0.29) is 5.41 Å². The molecule has 0 spiro atoms. The molecule has 112 valence electrons. The lowest BCUT2D eigenvalue weighted by molar-refractivity contribution is -0.220. The van der Waals surface area contributed by atoms with Crippen molar-refractivity contribution in [2.75, 3.05) is 0 Å². The molecule has 0 aromatic heterocycles. The first-order chi connectivity index (χ1) is 8.48. The van der Waals surface area contributed by atoms with Crippen molar-refractivity contribution in [2.45, 2.75) is 59.4 Å². The highest BCUT2D eigenvalue weighted by molar-refractivity contribution is 5.72. The zero-order valence-corrected chi connectivity index (χ0v) is 12.3. The summed E-state index contributed by atoms with van der Waals surface area (Å²) in [5, 5.41) is 39.7. The topological polar surface area (TPSA) is 98.0 Å². The summed E-state index contributed by atoms with van der Waals surface area (Å²) in [5.74, 6) is -2.62. The summed E-state index contributed by atoms with van der Waals surface area (Å²) in [6.07, 6.45) is -3.50. The first kappa shape index (κ1) is 16.4. The quantitative estimate of drug-likeness (QED) is 0.599. The molecule has 0 amide bonds. The Labute approximate surface area is 114 Å². The summed E-state index contributed by atoms with van der Waals surface area (Å²) < 4.78 is 0. The molecule has 0 bridgehead atoms. The van der Waals surface area contributed by atoms with Gasteiger partial charge in [-0.05, 0) is 23.2 Å². The molecule has 0 aliphatic heterocycles. The molecule has 19 heavy (non-hydrogen) atoms. The number of carbonyl (C=O) groups is 1. The van der Waals surface area contributed by atoms with Crippen LogP contribution in [0.25, 0.3) is 0 Å². The van der Waals surface area contributed by atoms with Gasteiger partial charge in [-0.1, -0.05) is 34.6 Å². The molecule has 5 nitrogen and oxygen atoms in total. The van der Waals surface area contributed by atoms with E-state index in [9.17, 15) is 25.2 Å². The van der Waals surface area contributed by atoms with Gasteiger partial charge in [-0.15, -0.1) is 0 Å².